The number of ether oxygens (including phenoxy) is 2. The molecule has 6 nitrogen and oxygen atoms in total. The highest BCUT2D eigenvalue weighted by molar-refractivity contribution is 7.12. The zero-order valence-corrected chi connectivity index (χ0v) is 14.9. The third-order valence-corrected chi connectivity index (χ3v) is 4.66. The molecule has 1 aromatic carbocycles. The molecule has 0 radical (unpaired) electrons. The number of thiophene rings is 1. The third kappa shape index (κ3) is 4.11. The summed E-state index contributed by atoms with van der Waals surface area (Å²) in [5, 5.41) is 7.47. The number of fused-ring (bicyclic) bond motifs is 1. The van der Waals surface area contributed by atoms with Crippen molar-refractivity contribution in [3.8, 4) is 11.5 Å². The van der Waals surface area contributed by atoms with E-state index in [0.717, 1.165) is 0 Å². The van der Waals surface area contributed by atoms with Crippen molar-refractivity contribution in [2.24, 2.45) is 5.92 Å². The SMILES string of the molecule is CC(C)C(NC(=O)c1cccs1)C(=O)Nc1ccc2c(c1)OCCO2. The van der Waals surface area contributed by atoms with Crippen LogP contribution < -0.4 is 20.1 Å². The van der Waals surface area contributed by atoms with E-state index < -0.39 is 6.04 Å². The molecular weight excluding hydrogens is 340 g/mol. The van der Waals surface area contributed by atoms with Gasteiger partial charge in [0.25, 0.3) is 5.91 Å². The Morgan fingerprint density at radius 3 is 2.56 bits per heavy atom. The van der Waals surface area contributed by atoms with Crippen LogP contribution in [0.4, 0.5) is 5.69 Å². The molecule has 2 heterocycles. The number of hydrogen-bond donors (Lipinski definition) is 2. The van der Waals surface area contributed by atoms with Crippen molar-refractivity contribution in [1.29, 1.82) is 0 Å². The summed E-state index contributed by atoms with van der Waals surface area (Å²) in [6, 6.07) is 8.14. The normalized spacial score (nSPS) is 14.0. The highest BCUT2D eigenvalue weighted by Crippen LogP contribution is 2.32. The molecule has 0 saturated carbocycles. The van der Waals surface area contributed by atoms with Gasteiger partial charge in [-0.05, 0) is 29.5 Å². The quantitative estimate of drug-likeness (QED) is 0.860. The second-order valence-electron chi connectivity index (χ2n) is 6.02. The molecule has 1 aliphatic heterocycles. The van der Waals surface area contributed by atoms with Gasteiger partial charge in [-0.1, -0.05) is 19.9 Å². The molecule has 132 valence electrons. The number of carbonyl (C=O) groups is 2. The summed E-state index contributed by atoms with van der Waals surface area (Å²) in [6.45, 7) is 4.78. The standard InChI is InChI=1S/C18H20N2O4S/c1-11(2)16(20-17(21)15-4-3-9-25-15)18(22)19-12-5-6-13-14(10-12)24-8-7-23-13/h3-6,9-11,16H,7-8H2,1-2H3,(H,19,22)(H,20,21). The summed E-state index contributed by atoms with van der Waals surface area (Å²) >= 11 is 1.34. The molecule has 1 aliphatic rings. The van der Waals surface area contributed by atoms with Crippen LogP contribution in [0.2, 0.25) is 0 Å². The Labute approximate surface area is 150 Å². The predicted octanol–water partition coefficient (Wildman–Crippen LogP) is 2.91. The van der Waals surface area contributed by atoms with Gasteiger partial charge in [-0.3, -0.25) is 9.59 Å². The molecule has 2 amide bonds. The minimum absolute atomic E-state index is 0.0545. The van der Waals surface area contributed by atoms with Crippen molar-refractivity contribution in [1.82, 2.24) is 5.32 Å². The van der Waals surface area contributed by atoms with Gasteiger partial charge in [-0.25, -0.2) is 0 Å². The third-order valence-electron chi connectivity index (χ3n) is 3.79. The lowest BCUT2D eigenvalue weighted by molar-refractivity contribution is -0.118. The lowest BCUT2D eigenvalue weighted by Gasteiger charge is -2.22. The number of benzene rings is 1. The molecule has 0 saturated heterocycles. The topological polar surface area (TPSA) is 76.7 Å². The van der Waals surface area contributed by atoms with Crippen LogP contribution in [0.25, 0.3) is 0 Å². The fourth-order valence-electron chi connectivity index (χ4n) is 2.50. The zero-order valence-electron chi connectivity index (χ0n) is 14.1. The van der Waals surface area contributed by atoms with Crippen LogP contribution in [0.3, 0.4) is 0 Å². The molecule has 3 rings (SSSR count). The number of anilines is 1. The smallest absolute Gasteiger partial charge is 0.262 e. The van der Waals surface area contributed by atoms with Gasteiger partial charge < -0.3 is 20.1 Å². The molecule has 2 N–H and O–H groups in total. The van der Waals surface area contributed by atoms with Crippen molar-refractivity contribution < 1.29 is 19.1 Å². The van der Waals surface area contributed by atoms with Crippen LogP contribution >= 0.6 is 11.3 Å². The van der Waals surface area contributed by atoms with E-state index in [9.17, 15) is 9.59 Å². The van der Waals surface area contributed by atoms with Gasteiger partial charge in [0.1, 0.15) is 19.3 Å². The predicted molar refractivity (Wildman–Crippen MR) is 96.5 cm³/mol. The molecule has 1 atom stereocenters. The Morgan fingerprint density at radius 1 is 1.12 bits per heavy atom. The minimum atomic E-state index is -0.636. The Bertz CT molecular complexity index is 758. The monoisotopic (exact) mass is 360 g/mol. The molecule has 2 aromatic rings. The van der Waals surface area contributed by atoms with Crippen molar-refractivity contribution >= 4 is 28.8 Å². The van der Waals surface area contributed by atoms with E-state index in [4.69, 9.17) is 9.47 Å². The first-order chi connectivity index (χ1) is 12.0. The second-order valence-corrected chi connectivity index (χ2v) is 6.97. The van der Waals surface area contributed by atoms with Gasteiger partial charge in [0.2, 0.25) is 5.91 Å². The van der Waals surface area contributed by atoms with E-state index in [-0.39, 0.29) is 17.7 Å². The lowest BCUT2D eigenvalue weighted by Crippen LogP contribution is -2.46. The maximum Gasteiger partial charge on any atom is 0.262 e. The zero-order chi connectivity index (χ0) is 17.8. The number of nitrogens with one attached hydrogen (secondary N) is 2. The Kier molecular flexibility index (Phi) is 5.23. The Morgan fingerprint density at radius 2 is 1.88 bits per heavy atom. The molecule has 0 fully saturated rings. The largest absolute Gasteiger partial charge is 0.486 e. The summed E-state index contributed by atoms with van der Waals surface area (Å²) in [5.41, 5.74) is 0.602. The fraction of sp³-hybridized carbons (Fsp3) is 0.333. The number of rotatable bonds is 5. The summed E-state index contributed by atoms with van der Waals surface area (Å²) in [4.78, 5) is 25.5. The van der Waals surface area contributed by atoms with Gasteiger partial charge >= 0.3 is 0 Å². The van der Waals surface area contributed by atoms with Crippen molar-refractivity contribution in [3.05, 3.63) is 40.6 Å². The highest BCUT2D eigenvalue weighted by atomic mass is 32.1. The molecule has 1 unspecified atom stereocenters. The van der Waals surface area contributed by atoms with E-state index in [1.54, 1.807) is 30.3 Å². The van der Waals surface area contributed by atoms with Crippen molar-refractivity contribution in [2.75, 3.05) is 18.5 Å². The minimum Gasteiger partial charge on any atom is -0.486 e. The second kappa shape index (κ2) is 7.57. The molecule has 0 bridgehead atoms. The Balaban J connectivity index is 1.69. The summed E-state index contributed by atoms with van der Waals surface area (Å²) in [7, 11) is 0. The number of carbonyl (C=O) groups excluding carboxylic acids is 2. The molecule has 1 aromatic heterocycles. The highest BCUT2D eigenvalue weighted by Gasteiger charge is 2.25. The van der Waals surface area contributed by atoms with Crippen molar-refractivity contribution in [3.63, 3.8) is 0 Å². The number of hydrogen-bond acceptors (Lipinski definition) is 5. The molecule has 0 aliphatic carbocycles. The van der Waals surface area contributed by atoms with Crippen LogP contribution in [0.1, 0.15) is 23.5 Å². The summed E-state index contributed by atoms with van der Waals surface area (Å²) < 4.78 is 11.0. The van der Waals surface area contributed by atoms with Gasteiger partial charge in [-0.2, -0.15) is 0 Å². The van der Waals surface area contributed by atoms with E-state index in [0.29, 0.717) is 35.3 Å². The molecule has 25 heavy (non-hydrogen) atoms. The maximum absolute atomic E-state index is 12.6. The van der Waals surface area contributed by atoms with Gasteiger partial charge in [-0.15, -0.1) is 11.3 Å². The first kappa shape index (κ1) is 17.3. The number of amides is 2. The van der Waals surface area contributed by atoms with E-state index in [1.165, 1.54) is 11.3 Å². The summed E-state index contributed by atoms with van der Waals surface area (Å²) in [6.07, 6.45) is 0. The van der Waals surface area contributed by atoms with Gasteiger partial charge in [0.05, 0.1) is 4.88 Å². The van der Waals surface area contributed by atoms with Crippen LogP contribution in [0, 0.1) is 5.92 Å². The van der Waals surface area contributed by atoms with Crippen LogP contribution in [-0.4, -0.2) is 31.1 Å². The lowest BCUT2D eigenvalue weighted by atomic mass is 10.0. The van der Waals surface area contributed by atoms with Crippen LogP contribution in [0.15, 0.2) is 35.7 Å². The first-order valence-corrected chi connectivity index (χ1v) is 8.97. The average molecular weight is 360 g/mol. The van der Waals surface area contributed by atoms with E-state index in [1.807, 2.05) is 19.2 Å². The average Bonchev–Trinajstić information content (AvgIpc) is 3.13. The van der Waals surface area contributed by atoms with E-state index >= 15 is 0 Å². The van der Waals surface area contributed by atoms with Gasteiger partial charge in [0, 0.05) is 11.8 Å². The van der Waals surface area contributed by atoms with E-state index in [2.05, 4.69) is 10.6 Å². The molecule has 0 spiro atoms. The van der Waals surface area contributed by atoms with Gasteiger partial charge in [0.15, 0.2) is 11.5 Å². The fourth-order valence-corrected chi connectivity index (χ4v) is 3.12. The first-order valence-electron chi connectivity index (χ1n) is 8.09. The van der Waals surface area contributed by atoms with Crippen molar-refractivity contribution in [2.45, 2.75) is 19.9 Å². The van der Waals surface area contributed by atoms with Crippen LogP contribution in [-0.2, 0) is 4.79 Å². The molecule has 7 heteroatoms. The summed E-state index contributed by atoms with van der Waals surface area (Å²) in [5.74, 6) is 0.701. The van der Waals surface area contributed by atoms with Crippen LogP contribution in [0.5, 0.6) is 11.5 Å². The Hall–Kier alpha value is -2.54. The molecular formula is C18H20N2O4S. The maximum atomic E-state index is 12.6.